The lowest BCUT2D eigenvalue weighted by Crippen LogP contribution is -2.09. The second kappa shape index (κ2) is 7.12. The standard InChI is InChI=1S/C17H18BrCl/c1-13-2-4-14(5-3-13)10-16(12-18)11-15-6-8-17(19)9-7-15/h2-9,16H,10-12H2,1H3. The van der Waals surface area contributed by atoms with Gasteiger partial charge in [-0.15, -0.1) is 0 Å². The highest BCUT2D eigenvalue weighted by molar-refractivity contribution is 9.09. The molecule has 0 aliphatic rings. The fraction of sp³-hybridized carbons (Fsp3) is 0.294. The minimum absolute atomic E-state index is 0.615. The predicted molar refractivity (Wildman–Crippen MR) is 87.3 cm³/mol. The van der Waals surface area contributed by atoms with Crippen LogP contribution >= 0.6 is 27.5 Å². The van der Waals surface area contributed by atoms with Gasteiger partial charge in [-0.05, 0) is 48.9 Å². The van der Waals surface area contributed by atoms with Gasteiger partial charge in [-0.1, -0.05) is 69.5 Å². The Labute approximate surface area is 128 Å². The van der Waals surface area contributed by atoms with Crippen LogP contribution in [0.25, 0.3) is 0 Å². The molecule has 2 rings (SSSR count). The molecule has 0 heterocycles. The zero-order valence-electron chi connectivity index (χ0n) is 11.1. The van der Waals surface area contributed by atoms with E-state index in [4.69, 9.17) is 11.6 Å². The third kappa shape index (κ3) is 4.67. The Morgan fingerprint density at radius 3 is 1.84 bits per heavy atom. The largest absolute Gasteiger partial charge is 0.0925 e. The average Bonchev–Trinajstić information content (AvgIpc) is 2.43. The molecule has 0 amide bonds. The number of rotatable bonds is 5. The second-order valence-corrected chi connectivity index (χ2v) is 6.12. The minimum atomic E-state index is 0.615. The van der Waals surface area contributed by atoms with E-state index >= 15 is 0 Å². The molecule has 19 heavy (non-hydrogen) atoms. The lowest BCUT2D eigenvalue weighted by atomic mass is 9.94. The van der Waals surface area contributed by atoms with Crippen molar-refractivity contribution in [3.8, 4) is 0 Å². The monoisotopic (exact) mass is 336 g/mol. The third-order valence-corrected chi connectivity index (χ3v) is 4.47. The Morgan fingerprint density at radius 2 is 1.37 bits per heavy atom. The number of hydrogen-bond donors (Lipinski definition) is 0. The summed E-state index contributed by atoms with van der Waals surface area (Å²) in [5.41, 5.74) is 4.07. The zero-order chi connectivity index (χ0) is 13.7. The van der Waals surface area contributed by atoms with Crippen LogP contribution in [0, 0.1) is 12.8 Å². The fourth-order valence-corrected chi connectivity index (χ4v) is 2.78. The highest BCUT2D eigenvalue weighted by atomic mass is 79.9. The van der Waals surface area contributed by atoms with E-state index in [2.05, 4.69) is 59.3 Å². The van der Waals surface area contributed by atoms with Gasteiger partial charge < -0.3 is 0 Å². The molecule has 0 N–H and O–H groups in total. The van der Waals surface area contributed by atoms with Crippen LogP contribution in [0.2, 0.25) is 5.02 Å². The summed E-state index contributed by atoms with van der Waals surface area (Å²) >= 11 is 9.55. The van der Waals surface area contributed by atoms with E-state index < -0.39 is 0 Å². The number of hydrogen-bond acceptors (Lipinski definition) is 0. The molecule has 0 saturated carbocycles. The molecule has 0 spiro atoms. The van der Waals surface area contributed by atoms with Crippen molar-refractivity contribution in [2.45, 2.75) is 19.8 Å². The Kier molecular flexibility index (Phi) is 5.47. The van der Waals surface area contributed by atoms with Crippen molar-refractivity contribution in [3.63, 3.8) is 0 Å². The first kappa shape index (κ1) is 14.6. The van der Waals surface area contributed by atoms with Gasteiger partial charge in [0.15, 0.2) is 0 Å². The van der Waals surface area contributed by atoms with Crippen molar-refractivity contribution in [2.75, 3.05) is 5.33 Å². The minimum Gasteiger partial charge on any atom is -0.0925 e. The second-order valence-electron chi connectivity index (χ2n) is 5.04. The molecule has 0 radical (unpaired) electrons. The van der Waals surface area contributed by atoms with Gasteiger partial charge in [0.05, 0.1) is 0 Å². The van der Waals surface area contributed by atoms with Crippen LogP contribution in [0.1, 0.15) is 16.7 Å². The molecule has 0 nitrogen and oxygen atoms in total. The zero-order valence-corrected chi connectivity index (χ0v) is 13.4. The number of aryl methyl sites for hydroxylation is 1. The molecule has 2 heteroatoms. The Balaban J connectivity index is 2.00. The highest BCUT2D eigenvalue weighted by Gasteiger charge is 2.09. The fourth-order valence-electron chi connectivity index (χ4n) is 2.19. The summed E-state index contributed by atoms with van der Waals surface area (Å²) in [5, 5.41) is 1.82. The summed E-state index contributed by atoms with van der Waals surface area (Å²) in [5.74, 6) is 0.615. The molecule has 100 valence electrons. The van der Waals surface area contributed by atoms with E-state index in [0.29, 0.717) is 5.92 Å². The maximum Gasteiger partial charge on any atom is 0.0406 e. The smallest absolute Gasteiger partial charge is 0.0406 e. The van der Waals surface area contributed by atoms with Gasteiger partial charge in [-0.2, -0.15) is 0 Å². The molecular formula is C17H18BrCl. The van der Waals surface area contributed by atoms with E-state index in [1.807, 2.05) is 12.1 Å². The van der Waals surface area contributed by atoms with Crippen molar-refractivity contribution >= 4 is 27.5 Å². The first-order valence-electron chi connectivity index (χ1n) is 6.53. The maximum atomic E-state index is 5.92. The molecule has 0 aliphatic carbocycles. The molecule has 1 atom stereocenters. The highest BCUT2D eigenvalue weighted by Crippen LogP contribution is 2.19. The molecule has 2 aromatic carbocycles. The first-order valence-corrected chi connectivity index (χ1v) is 8.03. The van der Waals surface area contributed by atoms with E-state index in [-0.39, 0.29) is 0 Å². The van der Waals surface area contributed by atoms with Crippen LogP contribution in [0.15, 0.2) is 48.5 Å². The van der Waals surface area contributed by atoms with Gasteiger partial charge in [0.1, 0.15) is 0 Å². The average molecular weight is 338 g/mol. The molecule has 1 unspecified atom stereocenters. The first-order chi connectivity index (χ1) is 9.17. The van der Waals surface area contributed by atoms with Crippen LogP contribution in [-0.4, -0.2) is 5.33 Å². The Bertz CT molecular complexity index is 454. The summed E-state index contributed by atoms with van der Waals surface area (Å²) in [6.07, 6.45) is 2.18. The summed E-state index contributed by atoms with van der Waals surface area (Å²) in [4.78, 5) is 0. The van der Waals surface area contributed by atoms with Crippen LogP contribution in [0.3, 0.4) is 0 Å². The quantitative estimate of drug-likeness (QED) is 0.637. The number of benzene rings is 2. The van der Waals surface area contributed by atoms with E-state index in [0.717, 1.165) is 23.2 Å². The number of alkyl halides is 1. The molecule has 0 fully saturated rings. The molecule has 0 saturated heterocycles. The van der Waals surface area contributed by atoms with Crippen LogP contribution in [0.4, 0.5) is 0 Å². The van der Waals surface area contributed by atoms with Gasteiger partial charge in [-0.3, -0.25) is 0 Å². The van der Waals surface area contributed by atoms with Gasteiger partial charge in [0.2, 0.25) is 0 Å². The molecule has 2 aromatic rings. The lowest BCUT2D eigenvalue weighted by molar-refractivity contribution is 0.591. The van der Waals surface area contributed by atoms with Crippen LogP contribution in [0.5, 0.6) is 0 Å². The van der Waals surface area contributed by atoms with E-state index in [1.165, 1.54) is 16.7 Å². The van der Waals surface area contributed by atoms with Crippen molar-refractivity contribution in [1.29, 1.82) is 0 Å². The molecule has 0 aliphatic heterocycles. The molecule has 0 aromatic heterocycles. The van der Waals surface area contributed by atoms with Gasteiger partial charge in [0, 0.05) is 10.4 Å². The summed E-state index contributed by atoms with van der Waals surface area (Å²) < 4.78 is 0. The van der Waals surface area contributed by atoms with Crippen molar-refractivity contribution in [3.05, 3.63) is 70.2 Å². The SMILES string of the molecule is Cc1ccc(CC(CBr)Cc2ccc(Cl)cc2)cc1. The topological polar surface area (TPSA) is 0 Å². The Hall–Kier alpha value is -0.790. The van der Waals surface area contributed by atoms with Gasteiger partial charge >= 0.3 is 0 Å². The van der Waals surface area contributed by atoms with E-state index in [9.17, 15) is 0 Å². The lowest BCUT2D eigenvalue weighted by Gasteiger charge is -2.14. The van der Waals surface area contributed by atoms with Crippen molar-refractivity contribution < 1.29 is 0 Å². The third-order valence-electron chi connectivity index (χ3n) is 3.30. The summed E-state index contributed by atoms with van der Waals surface area (Å²) in [6.45, 7) is 2.12. The summed E-state index contributed by atoms with van der Waals surface area (Å²) in [6, 6.07) is 17.0. The Morgan fingerprint density at radius 1 is 0.895 bits per heavy atom. The maximum absolute atomic E-state index is 5.92. The van der Waals surface area contributed by atoms with Gasteiger partial charge in [0.25, 0.3) is 0 Å². The van der Waals surface area contributed by atoms with Crippen LogP contribution < -0.4 is 0 Å². The normalized spacial score (nSPS) is 12.4. The number of halogens is 2. The van der Waals surface area contributed by atoms with Gasteiger partial charge in [-0.25, -0.2) is 0 Å². The predicted octanol–water partition coefficient (Wildman–Crippen LogP) is 5.44. The molecule has 0 bridgehead atoms. The van der Waals surface area contributed by atoms with Crippen molar-refractivity contribution in [2.24, 2.45) is 5.92 Å². The van der Waals surface area contributed by atoms with Crippen molar-refractivity contribution in [1.82, 2.24) is 0 Å². The van der Waals surface area contributed by atoms with E-state index in [1.54, 1.807) is 0 Å². The van der Waals surface area contributed by atoms with Crippen LogP contribution in [-0.2, 0) is 12.8 Å². The molecular weight excluding hydrogens is 320 g/mol. The summed E-state index contributed by atoms with van der Waals surface area (Å²) in [7, 11) is 0.